The molecule has 1 amide bonds. The van der Waals surface area contributed by atoms with Gasteiger partial charge in [-0.25, -0.2) is 17.8 Å². The summed E-state index contributed by atoms with van der Waals surface area (Å²) in [6, 6.07) is 19.1. The van der Waals surface area contributed by atoms with Crippen molar-refractivity contribution in [1.29, 1.82) is 0 Å². The molecule has 0 saturated carbocycles. The molecule has 1 aliphatic rings. The average molecular weight is 540 g/mol. The number of carbonyl (C=O) groups is 1. The van der Waals surface area contributed by atoms with E-state index in [9.17, 15) is 17.6 Å². The van der Waals surface area contributed by atoms with Crippen LogP contribution in [0.15, 0.2) is 77.7 Å². The molecule has 0 bridgehead atoms. The van der Waals surface area contributed by atoms with Crippen molar-refractivity contribution in [2.45, 2.75) is 30.8 Å². The highest BCUT2D eigenvalue weighted by Gasteiger charge is 2.28. The Kier molecular flexibility index (Phi) is 7.23. The van der Waals surface area contributed by atoms with Gasteiger partial charge in [-0.05, 0) is 74.4 Å². The first-order valence-electron chi connectivity index (χ1n) is 12.0. The van der Waals surface area contributed by atoms with Crippen molar-refractivity contribution in [3.05, 3.63) is 84.2 Å². The number of carbonyl (C=O) groups excluding carboxylic acids is 1. The van der Waals surface area contributed by atoms with Crippen molar-refractivity contribution in [3.8, 4) is 0 Å². The summed E-state index contributed by atoms with van der Waals surface area (Å²) in [6.45, 7) is 2.98. The Bertz CT molecular complexity index is 1500. The SMILES string of the molecule is CCN(c1ccccc1)S(=O)(=O)c1ccc(C(=O)N(CC2CCCO2)c2nc3ccc(F)cc3s2)cc1. The van der Waals surface area contributed by atoms with E-state index in [1.807, 2.05) is 6.07 Å². The van der Waals surface area contributed by atoms with Gasteiger partial charge in [-0.15, -0.1) is 0 Å². The number of nitrogens with zero attached hydrogens (tertiary/aromatic N) is 3. The third kappa shape index (κ3) is 5.22. The van der Waals surface area contributed by atoms with Crippen LogP contribution in [0.3, 0.4) is 0 Å². The van der Waals surface area contributed by atoms with E-state index in [0.29, 0.717) is 39.8 Å². The van der Waals surface area contributed by atoms with Crippen LogP contribution < -0.4 is 9.21 Å². The lowest BCUT2D eigenvalue weighted by Gasteiger charge is -2.24. The van der Waals surface area contributed by atoms with Crippen LogP contribution in [0.25, 0.3) is 10.2 Å². The van der Waals surface area contributed by atoms with Gasteiger partial charge in [0.2, 0.25) is 0 Å². The van der Waals surface area contributed by atoms with Crippen LogP contribution in [0.1, 0.15) is 30.1 Å². The Morgan fingerprint density at radius 2 is 1.86 bits per heavy atom. The average Bonchev–Trinajstić information content (AvgIpc) is 3.57. The smallest absolute Gasteiger partial charge is 0.264 e. The molecule has 2 heterocycles. The van der Waals surface area contributed by atoms with Gasteiger partial charge in [0.05, 0.1) is 33.4 Å². The number of hydrogen-bond acceptors (Lipinski definition) is 6. The van der Waals surface area contributed by atoms with Crippen LogP contribution in [0.2, 0.25) is 0 Å². The van der Waals surface area contributed by atoms with E-state index in [0.717, 1.165) is 12.8 Å². The quantitative estimate of drug-likeness (QED) is 0.296. The molecule has 1 unspecified atom stereocenters. The molecule has 1 fully saturated rings. The van der Waals surface area contributed by atoms with E-state index in [1.165, 1.54) is 52.0 Å². The Morgan fingerprint density at radius 3 is 2.54 bits per heavy atom. The first-order chi connectivity index (χ1) is 17.9. The molecule has 7 nitrogen and oxygen atoms in total. The van der Waals surface area contributed by atoms with Crippen molar-refractivity contribution in [3.63, 3.8) is 0 Å². The third-order valence-corrected chi connectivity index (χ3v) is 9.20. The molecule has 192 valence electrons. The maximum atomic E-state index is 13.7. The predicted molar refractivity (Wildman–Crippen MR) is 143 cm³/mol. The number of sulfonamides is 1. The first-order valence-corrected chi connectivity index (χ1v) is 14.3. The Balaban J connectivity index is 1.45. The van der Waals surface area contributed by atoms with E-state index in [-0.39, 0.29) is 29.3 Å². The van der Waals surface area contributed by atoms with E-state index in [4.69, 9.17) is 4.74 Å². The fourth-order valence-corrected chi connectivity index (χ4v) is 6.85. The van der Waals surface area contributed by atoms with Crippen LogP contribution in [-0.4, -0.2) is 45.1 Å². The monoisotopic (exact) mass is 539 g/mol. The maximum absolute atomic E-state index is 13.7. The van der Waals surface area contributed by atoms with Crippen molar-refractivity contribution in [1.82, 2.24) is 4.98 Å². The minimum atomic E-state index is -3.82. The molecule has 3 aromatic carbocycles. The number of halogens is 1. The number of hydrogen-bond donors (Lipinski definition) is 0. The van der Waals surface area contributed by atoms with Crippen LogP contribution in [0.5, 0.6) is 0 Å². The molecular weight excluding hydrogens is 513 g/mol. The van der Waals surface area contributed by atoms with E-state index in [1.54, 1.807) is 42.2 Å². The molecular formula is C27H26FN3O4S2. The van der Waals surface area contributed by atoms with E-state index >= 15 is 0 Å². The zero-order chi connectivity index (χ0) is 26.0. The Hall–Kier alpha value is -3.34. The molecule has 10 heteroatoms. The van der Waals surface area contributed by atoms with Gasteiger partial charge in [0.1, 0.15) is 5.82 Å². The summed E-state index contributed by atoms with van der Waals surface area (Å²) in [4.78, 5) is 19.9. The summed E-state index contributed by atoms with van der Waals surface area (Å²) in [7, 11) is -3.82. The number of thiazole rings is 1. The van der Waals surface area contributed by atoms with Crippen molar-refractivity contribution in [2.24, 2.45) is 0 Å². The molecule has 0 spiro atoms. The highest BCUT2D eigenvalue weighted by atomic mass is 32.2. The van der Waals surface area contributed by atoms with Crippen molar-refractivity contribution < 1.29 is 22.3 Å². The Labute approximate surface area is 219 Å². The molecule has 1 aliphatic heterocycles. The van der Waals surface area contributed by atoms with Crippen molar-refractivity contribution >= 4 is 48.3 Å². The normalized spacial score (nSPS) is 15.7. The largest absolute Gasteiger partial charge is 0.376 e. The number of benzene rings is 3. The second-order valence-corrected chi connectivity index (χ2v) is 11.6. The van der Waals surface area contributed by atoms with Gasteiger partial charge >= 0.3 is 0 Å². The number of anilines is 2. The van der Waals surface area contributed by atoms with Gasteiger partial charge in [0.15, 0.2) is 5.13 Å². The lowest BCUT2D eigenvalue weighted by molar-refractivity contribution is 0.0917. The van der Waals surface area contributed by atoms with Gasteiger partial charge in [-0.3, -0.25) is 14.0 Å². The summed E-state index contributed by atoms with van der Waals surface area (Å²) >= 11 is 1.23. The van der Waals surface area contributed by atoms with Gasteiger partial charge in [-0.2, -0.15) is 0 Å². The lowest BCUT2D eigenvalue weighted by atomic mass is 10.2. The molecule has 0 aliphatic carbocycles. The highest BCUT2D eigenvalue weighted by molar-refractivity contribution is 7.92. The fraction of sp³-hybridized carbons (Fsp3) is 0.259. The van der Waals surface area contributed by atoms with E-state index in [2.05, 4.69) is 4.98 Å². The van der Waals surface area contributed by atoms with Gasteiger partial charge in [-0.1, -0.05) is 29.5 Å². The molecule has 1 aromatic heterocycles. The van der Waals surface area contributed by atoms with Crippen LogP contribution in [0, 0.1) is 5.82 Å². The highest BCUT2D eigenvalue weighted by Crippen LogP contribution is 2.32. The molecule has 5 rings (SSSR count). The summed E-state index contributed by atoms with van der Waals surface area (Å²) in [5, 5.41) is 0.444. The number of amides is 1. The fourth-order valence-electron chi connectivity index (χ4n) is 4.38. The molecule has 1 atom stereocenters. The van der Waals surface area contributed by atoms with Gasteiger partial charge < -0.3 is 4.74 Å². The lowest BCUT2D eigenvalue weighted by Crippen LogP contribution is -2.37. The standard InChI is InChI=1S/C27H26FN3O4S2/c1-2-31(21-7-4-3-5-8-21)37(33,34)23-13-10-19(11-14-23)26(32)30(18-22-9-6-16-35-22)27-29-24-15-12-20(28)17-25(24)36-27/h3-5,7-8,10-15,17,22H,2,6,9,16,18H2,1H3. The number of ether oxygens (including phenoxy) is 1. The Morgan fingerprint density at radius 1 is 1.11 bits per heavy atom. The van der Waals surface area contributed by atoms with Crippen molar-refractivity contribution in [2.75, 3.05) is 28.9 Å². The number of fused-ring (bicyclic) bond motifs is 1. The minimum Gasteiger partial charge on any atom is -0.376 e. The van der Waals surface area contributed by atoms with Crippen LogP contribution in [0.4, 0.5) is 15.2 Å². The van der Waals surface area contributed by atoms with Gasteiger partial charge in [0, 0.05) is 18.7 Å². The summed E-state index contributed by atoms with van der Waals surface area (Å²) in [5.74, 6) is -0.692. The summed E-state index contributed by atoms with van der Waals surface area (Å²) < 4.78 is 48.1. The van der Waals surface area contributed by atoms with Crippen LogP contribution >= 0.6 is 11.3 Å². The minimum absolute atomic E-state index is 0.0934. The molecule has 37 heavy (non-hydrogen) atoms. The summed E-state index contributed by atoms with van der Waals surface area (Å²) in [6.07, 6.45) is 1.61. The third-order valence-electron chi connectivity index (χ3n) is 6.25. The number of aromatic nitrogens is 1. The number of para-hydroxylation sites is 1. The molecule has 4 aromatic rings. The van der Waals surface area contributed by atoms with Gasteiger partial charge in [0.25, 0.3) is 15.9 Å². The maximum Gasteiger partial charge on any atom is 0.264 e. The first kappa shape index (κ1) is 25.3. The van der Waals surface area contributed by atoms with Crippen LogP contribution in [-0.2, 0) is 14.8 Å². The molecule has 0 N–H and O–H groups in total. The molecule has 0 radical (unpaired) electrons. The zero-order valence-electron chi connectivity index (χ0n) is 20.2. The second-order valence-electron chi connectivity index (χ2n) is 8.69. The second kappa shape index (κ2) is 10.6. The summed E-state index contributed by atoms with van der Waals surface area (Å²) in [5.41, 5.74) is 1.50. The number of rotatable bonds is 8. The van der Waals surface area contributed by atoms with E-state index < -0.39 is 10.0 Å². The zero-order valence-corrected chi connectivity index (χ0v) is 21.8. The predicted octanol–water partition coefficient (Wildman–Crippen LogP) is 5.48. The topological polar surface area (TPSA) is 79.8 Å². The molecule has 1 saturated heterocycles.